The van der Waals surface area contributed by atoms with Crippen molar-refractivity contribution in [3.63, 3.8) is 0 Å². The van der Waals surface area contributed by atoms with Crippen molar-refractivity contribution in [1.82, 2.24) is 10.5 Å². The van der Waals surface area contributed by atoms with Crippen LogP contribution in [-0.4, -0.2) is 17.1 Å². The number of alkyl halides is 1. The molecule has 1 aromatic heterocycles. The van der Waals surface area contributed by atoms with E-state index in [0.29, 0.717) is 16.3 Å². The maximum absolute atomic E-state index is 14.7. The summed E-state index contributed by atoms with van der Waals surface area (Å²) >= 11 is 5.88. The number of nitrogens with zero attached hydrogens (tertiary/aromatic N) is 1. The quantitative estimate of drug-likeness (QED) is 0.944. The van der Waals surface area contributed by atoms with Crippen molar-refractivity contribution in [3.8, 4) is 0 Å². The van der Waals surface area contributed by atoms with E-state index in [0.717, 1.165) is 0 Å². The van der Waals surface area contributed by atoms with Crippen molar-refractivity contribution in [2.75, 3.05) is 0 Å². The Kier molecular flexibility index (Phi) is 3.68. The Bertz CT molecular complexity index is 639. The number of benzene rings is 1. The van der Waals surface area contributed by atoms with Gasteiger partial charge in [0, 0.05) is 30.0 Å². The molecule has 1 aliphatic carbocycles. The highest BCUT2D eigenvalue weighted by Crippen LogP contribution is 2.45. The molecule has 0 saturated heterocycles. The summed E-state index contributed by atoms with van der Waals surface area (Å²) in [5.41, 5.74) is -0.276. The molecular weight excluding hydrogens is 295 g/mol. The monoisotopic (exact) mass is 308 g/mol. The second-order valence-electron chi connectivity index (χ2n) is 5.32. The summed E-state index contributed by atoms with van der Waals surface area (Å²) in [5.74, 6) is -0.179. The second kappa shape index (κ2) is 5.48. The van der Waals surface area contributed by atoms with E-state index in [1.807, 2.05) is 0 Å². The Morgan fingerprint density at radius 2 is 2.29 bits per heavy atom. The van der Waals surface area contributed by atoms with Crippen LogP contribution in [0.5, 0.6) is 0 Å². The molecule has 0 bridgehead atoms. The van der Waals surface area contributed by atoms with Crippen LogP contribution in [0.2, 0.25) is 5.02 Å². The van der Waals surface area contributed by atoms with E-state index < -0.39 is 5.67 Å². The third kappa shape index (κ3) is 3.08. The molecule has 1 aliphatic rings. The molecule has 6 heteroatoms. The SMILES string of the molecule is O=C(Cc1ccon1)NC1CC(F)(c2cccc(Cl)c2)C1. The molecule has 21 heavy (non-hydrogen) atoms. The van der Waals surface area contributed by atoms with Gasteiger partial charge in [-0.2, -0.15) is 0 Å². The summed E-state index contributed by atoms with van der Waals surface area (Å²) in [4.78, 5) is 11.8. The number of carbonyl (C=O) groups excluding carboxylic acids is 1. The second-order valence-corrected chi connectivity index (χ2v) is 5.75. The predicted molar refractivity (Wildman–Crippen MR) is 75.6 cm³/mol. The zero-order valence-electron chi connectivity index (χ0n) is 11.2. The first-order valence-corrected chi connectivity index (χ1v) is 7.06. The molecule has 4 nitrogen and oxygen atoms in total. The van der Waals surface area contributed by atoms with E-state index in [1.165, 1.54) is 6.26 Å². The van der Waals surface area contributed by atoms with Gasteiger partial charge in [-0.05, 0) is 17.7 Å². The Balaban J connectivity index is 1.54. The largest absolute Gasteiger partial charge is 0.364 e. The van der Waals surface area contributed by atoms with Gasteiger partial charge in [-0.1, -0.05) is 28.9 Å². The molecule has 1 heterocycles. The molecule has 3 rings (SSSR count). The Labute approximate surface area is 126 Å². The van der Waals surface area contributed by atoms with Crippen molar-refractivity contribution >= 4 is 17.5 Å². The summed E-state index contributed by atoms with van der Waals surface area (Å²) in [6, 6.07) is 8.27. The summed E-state index contributed by atoms with van der Waals surface area (Å²) in [6.07, 6.45) is 2.08. The zero-order valence-corrected chi connectivity index (χ0v) is 11.9. The topological polar surface area (TPSA) is 55.1 Å². The number of halogens is 2. The van der Waals surface area contributed by atoms with Crippen LogP contribution in [0.4, 0.5) is 4.39 Å². The van der Waals surface area contributed by atoms with E-state index in [-0.39, 0.29) is 31.2 Å². The maximum Gasteiger partial charge on any atom is 0.226 e. The summed E-state index contributed by atoms with van der Waals surface area (Å²) in [6.45, 7) is 0. The standard InChI is InChI=1S/C15H14ClFN2O2/c16-11-3-1-2-10(6-11)15(17)8-13(9-15)18-14(20)7-12-4-5-21-19-12/h1-6,13H,7-9H2,(H,18,20). The Morgan fingerprint density at radius 3 is 2.95 bits per heavy atom. The number of amides is 1. The lowest BCUT2D eigenvalue weighted by Gasteiger charge is -2.42. The van der Waals surface area contributed by atoms with Gasteiger partial charge < -0.3 is 9.84 Å². The smallest absolute Gasteiger partial charge is 0.226 e. The van der Waals surface area contributed by atoms with Crippen LogP contribution in [0.15, 0.2) is 41.1 Å². The molecule has 2 aromatic rings. The molecule has 1 aromatic carbocycles. The molecule has 1 fully saturated rings. The first-order chi connectivity index (χ1) is 10.0. The fraction of sp³-hybridized carbons (Fsp3) is 0.333. The fourth-order valence-corrected chi connectivity index (χ4v) is 2.79. The first kappa shape index (κ1) is 14.1. The van der Waals surface area contributed by atoms with Crippen LogP contribution in [0.25, 0.3) is 0 Å². The molecule has 0 unspecified atom stereocenters. The van der Waals surface area contributed by atoms with Gasteiger partial charge in [-0.25, -0.2) is 4.39 Å². The molecule has 110 valence electrons. The van der Waals surface area contributed by atoms with Crippen molar-refractivity contribution < 1.29 is 13.7 Å². The molecule has 0 atom stereocenters. The number of hydrogen-bond donors (Lipinski definition) is 1. The van der Waals surface area contributed by atoms with Crippen molar-refractivity contribution in [3.05, 3.63) is 52.9 Å². The van der Waals surface area contributed by atoms with Gasteiger partial charge in [-0.3, -0.25) is 4.79 Å². The number of nitrogens with one attached hydrogen (secondary N) is 1. The number of rotatable bonds is 4. The minimum Gasteiger partial charge on any atom is -0.364 e. The minimum absolute atomic E-state index is 0.142. The molecule has 1 N–H and O–H groups in total. The van der Waals surface area contributed by atoms with E-state index in [4.69, 9.17) is 11.6 Å². The van der Waals surface area contributed by atoms with Crippen LogP contribution in [-0.2, 0) is 16.9 Å². The predicted octanol–water partition coefficient (Wildman–Crippen LogP) is 3.01. The van der Waals surface area contributed by atoms with Crippen LogP contribution in [0.3, 0.4) is 0 Å². The van der Waals surface area contributed by atoms with Crippen LogP contribution < -0.4 is 5.32 Å². The zero-order chi connectivity index (χ0) is 14.9. The van der Waals surface area contributed by atoms with Gasteiger partial charge in [0.15, 0.2) is 0 Å². The number of aromatic nitrogens is 1. The molecule has 0 radical (unpaired) electrons. The lowest BCUT2D eigenvalue weighted by atomic mass is 9.73. The van der Waals surface area contributed by atoms with E-state index in [2.05, 4.69) is 15.0 Å². The van der Waals surface area contributed by atoms with Gasteiger partial charge >= 0.3 is 0 Å². The molecule has 1 saturated carbocycles. The lowest BCUT2D eigenvalue weighted by molar-refractivity contribution is -0.123. The maximum atomic E-state index is 14.7. The van der Waals surface area contributed by atoms with Crippen molar-refractivity contribution in [1.29, 1.82) is 0 Å². The Hall–Kier alpha value is -1.88. The average molecular weight is 309 g/mol. The average Bonchev–Trinajstić information content (AvgIpc) is 2.89. The van der Waals surface area contributed by atoms with E-state index in [1.54, 1.807) is 30.3 Å². The normalized spacial score (nSPS) is 24.4. The Morgan fingerprint density at radius 1 is 1.48 bits per heavy atom. The minimum atomic E-state index is -1.41. The van der Waals surface area contributed by atoms with Crippen LogP contribution in [0, 0.1) is 0 Å². The molecule has 0 spiro atoms. The first-order valence-electron chi connectivity index (χ1n) is 6.69. The summed E-state index contributed by atoms with van der Waals surface area (Å²) in [7, 11) is 0. The van der Waals surface area contributed by atoms with Crippen molar-refractivity contribution in [2.24, 2.45) is 0 Å². The molecule has 0 aliphatic heterocycles. The molecular formula is C15H14ClFN2O2. The van der Waals surface area contributed by atoms with Gasteiger partial charge in [0.25, 0.3) is 0 Å². The summed E-state index contributed by atoms with van der Waals surface area (Å²) in [5, 5.41) is 6.99. The molecule has 1 amide bonds. The highest BCUT2D eigenvalue weighted by atomic mass is 35.5. The van der Waals surface area contributed by atoms with Crippen molar-refractivity contribution in [2.45, 2.75) is 31.0 Å². The third-order valence-corrected chi connectivity index (χ3v) is 3.92. The van der Waals surface area contributed by atoms with Gasteiger partial charge in [0.1, 0.15) is 11.9 Å². The highest BCUT2D eigenvalue weighted by molar-refractivity contribution is 6.30. The van der Waals surface area contributed by atoms with E-state index in [9.17, 15) is 9.18 Å². The fourth-order valence-electron chi connectivity index (χ4n) is 2.60. The van der Waals surface area contributed by atoms with Crippen LogP contribution in [0.1, 0.15) is 24.1 Å². The van der Waals surface area contributed by atoms with Gasteiger partial charge in [0.2, 0.25) is 5.91 Å². The van der Waals surface area contributed by atoms with E-state index >= 15 is 0 Å². The highest BCUT2D eigenvalue weighted by Gasteiger charge is 2.46. The van der Waals surface area contributed by atoms with Gasteiger partial charge in [-0.15, -0.1) is 0 Å². The van der Waals surface area contributed by atoms with Crippen LogP contribution >= 0.6 is 11.6 Å². The third-order valence-electron chi connectivity index (χ3n) is 3.68. The number of carbonyl (C=O) groups is 1. The van der Waals surface area contributed by atoms with Gasteiger partial charge in [0.05, 0.1) is 12.1 Å². The lowest BCUT2D eigenvalue weighted by Crippen LogP contribution is -2.51. The number of hydrogen-bond acceptors (Lipinski definition) is 3. The summed E-state index contributed by atoms with van der Waals surface area (Å²) < 4.78 is 19.3.